The molecule has 1 amide bonds. The molecule has 0 spiro atoms. The minimum atomic E-state index is -0.816. The number of fused-ring (bicyclic) bond motifs is 1. The largest absolute Gasteiger partial charge is 0.486 e. The van der Waals surface area contributed by atoms with Crippen LogP contribution in [-0.4, -0.2) is 48.2 Å². The number of hydrogen-bond donors (Lipinski definition) is 0. The van der Waals surface area contributed by atoms with E-state index in [4.69, 9.17) is 14.2 Å². The molecule has 6 heteroatoms. The van der Waals surface area contributed by atoms with Crippen molar-refractivity contribution in [2.24, 2.45) is 0 Å². The number of carbonyl (C=O) groups is 2. The quantitative estimate of drug-likeness (QED) is 0.787. The molecule has 1 aromatic carbocycles. The van der Waals surface area contributed by atoms with Crippen LogP contribution in [0.5, 0.6) is 11.5 Å². The third-order valence-electron chi connectivity index (χ3n) is 4.86. The highest BCUT2D eigenvalue weighted by Crippen LogP contribution is 2.31. The van der Waals surface area contributed by atoms with Crippen molar-refractivity contribution in [1.29, 1.82) is 0 Å². The first-order chi connectivity index (χ1) is 12.0. The number of esters is 1. The Labute approximate surface area is 148 Å². The third-order valence-corrected chi connectivity index (χ3v) is 4.86. The van der Waals surface area contributed by atoms with E-state index in [1.54, 1.807) is 25.1 Å². The van der Waals surface area contributed by atoms with Crippen LogP contribution in [0.15, 0.2) is 18.2 Å². The number of piperidine rings is 1. The molecule has 136 valence electrons. The molecule has 0 bridgehead atoms. The monoisotopic (exact) mass is 347 g/mol. The second-order valence-electron chi connectivity index (χ2n) is 6.78. The summed E-state index contributed by atoms with van der Waals surface area (Å²) in [6.45, 7) is 6.66. The SMILES string of the molecule is C[C@@H](OC(=O)c1ccc2c(c1)OCCO2)C(=O)N1[C@@H](C)CCC[C@@H]1C. The van der Waals surface area contributed by atoms with E-state index in [2.05, 4.69) is 0 Å². The molecule has 0 aromatic heterocycles. The van der Waals surface area contributed by atoms with Crippen molar-refractivity contribution < 1.29 is 23.8 Å². The van der Waals surface area contributed by atoms with E-state index in [-0.39, 0.29) is 18.0 Å². The molecule has 1 fully saturated rings. The molecular formula is C19H25NO5. The van der Waals surface area contributed by atoms with Gasteiger partial charge in [0.05, 0.1) is 5.56 Å². The van der Waals surface area contributed by atoms with Gasteiger partial charge in [0.25, 0.3) is 5.91 Å². The molecule has 1 saturated heterocycles. The van der Waals surface area contributed by atoms with Gasteiger partial charge in [-0.25, -0.2) is 4.79 Å². The predicted molar refractivity (Wildman–Crippen MR) is 91.9 cm³/mol. The van der Waals surface area contributed by atoms with E-state index in [9.17, 15) is 9.59 Å². The molecule has 2 aliphatic rings. The summed E-state index contributed by atoms with van der Waals surface area (Å²) >= 11 is 0. The minimum absolute atomic E-state index is 0.134. The Hall–Kier alpha value is -2.24. The van der Waals surface area contributed by atoms with Crippen molar-refractivity contribution in [3.63, 3.8) is 0 Å². The van der Waals surface area contributed by atoms with E-state index in [1.807, 2.05) is 18.7 Å². The molecule has 0 unspecified atom stereocenters. The molecule has 3 atom stereocenters. The van der Waals surface area contributed by atoms with Crippen molar-refractivity contribution in [2.45, 2.75) is 58.2 Å². The zero-order valence-corrected chi connectivity index (χ0v) is 15.0. The molecule has 0 N–H and O–H groups in total. The highest BCUT2D eigenvalue weighted by Gasteiger charge is 2.33. The van der Waals surface area contributed by atoms with Gasteiger partial charge in [-0.2, -0.15) is 0 Å². The van der Waals surface area contributed by atoms with Gasteiger partial charge in [-0.3, -0.25) is 4.79 Å². The molecule has 3 rings (SSSR count). The van der Waals surface area contributed by atoms with Crippen molar-refractivity contribution in [2.75, 3.05) is 13.2 Å². The average molecular weight is 347 g/mol. The van der Waals surface area contributed by atoms with Crippen LogP contribution in [0.25, 0.3) is 0 Å². The van der Waals surface area contributed by atoms with Gasteiger partial charge in [0.1, 0.15) is 13.2 Å². The summed E-state index contributed by atoms with van der Waals surface area (Å²) in [5, 5.41) is 0. The second-order valence-corrected chi connectivity index (χ2v) is 6.78. The number of rotatable bonds is 3. The van der Waals surface area contributed by atoms with Gasteiger partial charge in [0, 0.05) is 12.1 Å². The molecule has 2 aliphatic heterocycles. The van der Waals surface area contributed by atoms with Crippen LogP contribution in [0.1, 0.15) is 50.4 Å². The third kappa shape index (κ3) is 3.72. The summed E-state index contributed by atoms with van der Waals surface area (Å²) in [6, 6.07) is 5.25. The lowest BCUT2D eigenvalue weighted by Gasteiger charge is -2.40. The smallest absolute Gasteiger partial charge is 0.339 e. The maximum atomic E-state index is 12.7. The lowest BCUT2D eigenvalue weighted by molar-refractivity contribution is -0.146. The summed E-state index contributed by atoms with van der Waals surface area (Å²) < 4.78 is 16.3. The molecule has 25 heavy (non-hydrogen) atoms. The summed E-state index contributed by atoms with van der Waals surface area (Å²) in [5.74, 6) is 0.474. The van der Waals surface area contributed by atoms with Crippen LogP contribution in [0, 0.1) is 0 Å². The number of nitrogens with zero attached hydrogens (tertiary/aromatic N) is 1. The fourth-order valence-corrected chi connectivity index (χ4v) is 3.51. The Morgan fingerprint density at radius 1 is 1.12 bits per heavy atom. The second kappa shape index (κ2) is 7.33. The lowest BCUT2D eigenvalue weighted by Crippen LogP contribution is -2.51. The Morgan fingerprint density at radius 2 is 1.76 bits per heavy atom. The first-order valence-corrected chi connectivity index (χ1v) is 8.90. The summed E-state index contributed by atoms with van der Waals surface area (Å²) in [7, 11) is 0. The normalized spacial score (nSPS) is 23.7. The van der Waals surface area contributed by atoms with E-state index in [0.717, 1.165) is 19.3 Å². The highest BCUT2D eigenvalue weighted by atomic mass is 16.6. The zero-order chi connectivity index (χ0) is 18.0. The Kier molecular flexibility index (Phi) is 5.16. The van der Waals surface area contributed by atoms with Gasteiger partial charge in [-0.05, 0) is 58.2 Å². The van der Waals surface area contributed by atoms with Crippen LogP contribution >= 0.6 is 0 Å². The minimum Gasteiger partial charge on any atom is -0.486 e. The maximum absolute atomic E-state index is 12.7. The molecule has 2 heterocycles. The van der Waals surface area contributed by atoms with Gasteiger partial charge < -0.3 is 19.1 Å². The van der Waals surface area contributed by atoms with Crippen molar-refractivity contribution in [3.05, 3.63) is 23.8 Å². The summed E-state index contributed by atoms with van der Waals surface area (Å²) in [6.07, 6.45) is 2.28. The first kappa shape index (κ1) is 17.6. The predicted octanol–water partition coefficient (Wildman–Crippen LogP) is 2.79. The fraction of sp³-hybridized carbons (Fsp3) is 0.579. The van der Waals surface area contributed by atoms with E-state index in [0.29, 0.717) is 30.3 Å². The van der Waals surface area contributed by atoms with E-state index >= 15 is 0 Å². The van der Waals surface area contributed by atoms with Gasteiger partial charge in [-0.15, -0.1) is 0 Å². The van der Waals surface area contributed by atoms with Gasteiger partial charge in [-0.1, -0.05) is 0 Å². The molecule has 0 aliphatic carbocycles. The van der Waals surface area contributed by atoms with Crippen LogP contribution in [-0.2, 0) is 9.53 Å². The number of benzene rings is 1. The molecule has 0 saturated carbocycles. The van der Waals surface area contributed by atoms with Crippen LogP contribution in [0.2, 0.25) is 0 Å². The molecular weight excluding hydrogens is 322 g/mol. The van der Waals surface area contributed by atoms with Gasteiger partial charge >= 0.3 is 5.97 Å². The molecule has 1 aromatic rings. The van der Waals surface area contributed by atoms with E-state index in [1.165, 1.54) is 0 Å². The van der Waals surface area contributed by atoms with Crippen molar-refractivity contribution >= 4 is 11.9 Å². The molecule has 0 radical (unpaired) electrons. The number of amides is 1. The number of hydrogen-bond acceptors (Lipinski definition) is 5. The van der Waals surface area contributed by atoms with Crippen LogP contribution in [0.4, 0.5) is 0 Å². The van der Waals surface area contributed by atoms with Crippen molar-refractivity contribution in [1.82, 2.24) is 4.90 Å². The van der Waals surface area contributed by atoms with Crippen LogP contribution < -0.4 is 9.47 Å². The first-order valence-electron chi connectivity index (χ1n) is 8.90. The summed E-state index contributed by atoms with van der Waals surface area (Å²) in [4.78, 5) is 27.0. The fourth-order valence-electron chi connectivity index (χ4n) is 3.51. The number of ether oxygens (including phenoxy) is 3. The highest BCUT2D eigenvalue weighted by molar-refractivity contribution is 5.93. The topological polar surface area (TPSA) is 65.1 Å². The Balaban J connectivity index is 1.66. The lowest BCUT2D eigenvalue weighted by atomic mass is 9.97. The van der Waals surface area contributed by atoms with Gasteiger partial charge in [0.2, 0.25) is 0 Å². The zero-order valence-electron chi connectivity index (χ0n) is 15.0. The Morgan fingerprint density at radius 3 is 2.44 bits per heavy atom. The van der Waals surface area contributed by atoms with E-state index < -0.39 is 12.1 Å². The number of likely N-dealkylation sites (tertiary alicyclic amines) is 1. The average Bonchev–Trinajstić information content (AvgIpc) is 2.60. The number of carbonyl (C=O) groups excluding carboxylic acids is 2. The van der Waals surface area contributed by atoms with Crippen molar-refractivity contribution in [3.8, 4) is 11.5 Å². The maximum Gasteiger partial charge on any atom is 0.339 e. The summed E-state index contributed by atoms with van der Waals surface area (Å²) in [5.41, 5.74) is 0.351. The Bertz CT molecular complexity index is 649. The van der Waals surface area contributed by atoms with Crippen LogP contribution in [0.3, 0.4) is 0 Å². The molecule has 6 nitrogen and oxygen atoms in total. The standard InChI is InChI=1S/C19H25NO5/c1-12-5-4-6-13(2)20(12)18(21)14(3)25-19(22)15-7-8-16-17(11-15)24-10-9-23-16/h7-8,11-14H,4-6,9-10H2,1-3H3/t12-,13-,14+/m0/s1. The van der Waals surface area contributed by atoms with Gasteiger partial charge in [0.15, 0.2) is 17.6 Å².